The molecule has 0 aromatic heterocycles. The van der Waals surface area contributed by atoms with E-state index in [1.807, 2.05) is 0 Å². The molecule has 0 fully saturated rings. The van der Waals surface area contributed by atoms with Gasteiger partial charge in [0.1, 0.15) is 5.88 Å². The molecule has 6 N–H and O–H groups in total. The van der Waals surface area contributed by atoms with Crippen LogP contribution in [0.2, 0.25) is 0 Å². The van der Waals surface area contributed by atoms with Gasteiger partial charge in [0.15, 0.2) is 11.1 Å². The number of amides is 3. The first-order chi connectivity index (χ1) is 10.3. The number of nitrogens with one attached hydrogen (secondary N) is 2. The Bertz CT molecular complexity index is 679. The highest BCUT2D eigenvalue weighted by atomic mass is 32.2. The molecule has 1 heterocycles. The fourth-order valence-corrected chi connectivity index (χ4v) is 2.30. The second kappa shape index (κ2) is 5.99. The smallest absolute Gasteiger partial charge is 0.347 e. The number of carbonyl (C=O) groups excluding carboxylic acids is 2. The zero-order chi connectivity index (χ0) is 16.4. The fourth-order valence-electron chi connectivity index (χ4n) is 2.01. The maximum absolute atomic E-state index is 12.0. The lowest BCUT2D eigenvalue weighted by Gasteiger charge is -2.33. The molecule has 1 aromatic rings. The maximum Gasteiger partial charge on any atom is 0.347 e. The third kappa shape index (κ3) is 2.99. The van der Waals surface area contributed by atoms with E-state index in [2.05, 4.69) is 10.6 Å². The first-order valence-electron chi connectivity index (χ1n) is 5.89. The molecule has 3 amide bonds. The van der Waals surface area contributed by atoms with Crippen molar-refractivity contribution in [2.45, 2.75) is 6.17 Å². The van der Waals surface area contributed by atoms with Crippen LogP contribution in [-0.4, -0.2) is 43.8 Å². The van der Waals surface area contributed by atoms with Crippen LogP contribution < -0.4 is 21.3 Å². The van der Waals surface area contributed by atoms with Crippen molar-refractivity contribution >= 4 is 40.4 Å². The van der Waals surface area contributed by atoms with Crippen molar-refractivity contribution < 1.29 is 28.3 Å². The summed E-state index contributed by atoms with van der Waals surface area (Å²) in [4.78, 5) is 35.3. The van der Waals surface area contributed by atoms with E-state index in [9.17, 15) is 18.6 Å². The van der Waals surface area contributed by atoms with Crippen molar-refractivity contribution in [2.75, 3.05) is 16.1 Å². The predicted octanol–water partition coefficient (Wildman–Crippen LogP) is -0.683. The zero-order valence-corrected chi connectivity index (χ0v) is 11.8. The van der Waals surface area contributed by atoms with Crippen LogP contribution in [0.5, 0.6) is 0 Å². The van der Waals surface area contributed by atoms with Crippen LogP contribution in [0, 0.1) is 0 Å². The zero-order valence-electron chi connectivity index (χ0n) is 11.0. The second-order valence-electron chi connectivity index (χ2n) is 4.30. The van der Waals surface area contributed by atoms with Gasteiger partial charge in [0.05, 0.1) is 11.3 Å². The van der Waals surface area contributed by atoms with Crippen molar-refractivity contribution in [1.29, 1.82) is 0 Å². The molecule has 118 valence electrons. The molecule has 22 heavy (non-hydrogen) atoms. The molecule has 0 saturated heterocycles. The number of carbonyl (C=O) groups is 3. The van der Waals surface area contributed by atoms with Crippen LogP contribution in [0.1, 0.15) is 10.4 Å². The normalized spacial score (nSPS) is 18.1. The van der Waals surface area contributed by atoms with Gasteiger partial charge in [-0.3, -0.25) is 9.69 Å². The molecular weight excluding hydrogens is 316 g/mol. The number of fused-ring (bicyclic) bond motifs is 1. The van der Waals surface area contributed by atoms with Gasteiger partial charge in [0, 0.05) is 5.69 Å². The van der Waals surface area contributed by atoms with Gasteiger partial charge in [-0.2, -0.15) is 0 Å². The van der Waals surface area contributed by atoms with Crippen molar-refractivity contribution in [3.8, 4) is 0 Å². The summed E-state index contributed by atoms with van der Waals surface area (Å²) in [6.45, 7) is 0. The Hall–Kier alpha value is -2.66. The molecule has 10 nitrogen and oxygen atoms in total. The first kappa shape index (κ1) is 15.7. The molecule has 1 aromatic carbocycles. The maximum atomic E-state index is 12.0. The number of aliphatic carboxylic acids is 1. The molecule has 0 saturated carbocycles. The van der Waals surface area contributed by atoms with E-state index in [1.165, 1.54) is 18.2 Å². The molecule has 2 unspecified atom stereocenters. The quantitative estimate of drug-likeness (QED) is 0.457. The van der Waals surface area contributed by atoms with Crippen molar-refractivity contribution in [2.24, 2.45) is 5.73 Å². The molecule has 2 atom stereocenters. The summed E-state index contributed by atoms with van der Waals surface area (Å²) in [6.07, 6.45) is -1.60. The van der Waals surface area contributed by atoms with Crippen LogP contribution in [0.25, 0.3) is 0 Å². The SMILES string of the molecule is NC(=O)N1c2ccc(NCS(=O)O)cc2C(=O)NC1C(=O)O. The summed E-state index contributed by atoms with van der Waals surface area (Å²) in [5.41, 5.74) is 5.59. The minimum absolute atomic E-state index is 0.0185. The number of nitrogens with two attached hydrogens (primary N) is 1. The summed E-state index contributed by atoms with van der Waals surface area (Å²) in [5, 5.41) is 13.8. The monoisotopic (exact) mass is 328 g/mol. The molecule has 0 spiro atoms. The lowest BCUT2D eigenvalue weighted by molar-refractivity contribution is -0.139. The number of urea groups is 1. The Morgan fingerprint density at radius 2 is 2.14 bits per heavy atom. The third-order valence-corrected chi connectivity index (χ3v) is 3.29. The highest BCUT2D eigenvalue weighted by Gasteiger charge is 2.38. The van der Waals surface area contributed by atoms with Crippen LogP contribution in [0.15, 0.2) is 18.2 Å². The molecule has 2 rings (SSSR count). The largest absolute Gasteiger partial charge is 0.478 e. The molecule has 11 heteroatoms. The van der Waals surface area contributed by atoms with E-state index in [-0.39, 0.29) is 17.1 Å². The average molecular weight is 328 g/mol. The van der Waals surface area contributed by atoms with Crippen molar-refractivity contribution in [3.63, 3.8) is 0 Å². The van der Waals surface area contributed by atoms with Gasteiger partial charge in [0.2, 0.25) is 6.17 Å². The number of anilines is 2. The number of hydrogen-bond acceptors (Lipinski definition) is 5. The molecule has 0 aliphatic carbocycles. The Morgan fingerprint density at radius 3 is 2.68 bits per heavy atom. The highest BCUT2D eigenvalue weighted by Crippen LogP contribution is 2.29. The highest BCUT2D eigenvalue weighted by molar-refractivity contribution is 7.79. The Balaban J connectivity index is 2.42. The van der Waals surface area contributed by atoms with Gasteiger partial charge in [-0.15, -0.1) is 0 Å². The van der Waals surface area contributed by atoms with E-state index in [1.54, 1.807) is 0 Å². The minimum Gasteiger partial charge on any atom is -0.478 e. The van der Waals surface area contributed by atoms with Crippen molar-refractivity contribution in [3.05, 3.63) is 23.8 Å². The lowest BCUT2D eigenvalue weighted by atomic mass is 10.1. The van der Waals surface area contributed by atoms with Gasteiger partial charge in [-0.05, 0) is 18.2 Å². The topological polar surface area (TPSA) is 162 Å². The van der Waals surface area contributed by atoms with E-state index in [4.69, 9.17) is 15.4 Å². The number of hydrogen-bond donors (Lipinski definition) is 5. The van der Waals surface area contributed by atoms with Crippen LogP contribution >= 0.6 is 0 Å². The first-order valence-corrected chi connectivity index (χ1v) is 7.16. The number of benzene rings is 1. The van der Waals surface area contributed by atoms with Crippen LogP contribution in [0.3, 0.4) is 0 Å². The van der Waals surface area contributed by atoms with Gasteiger partial charge in [-0.25, -0.2) is 13.8 Å². The summed E-state index contributed by atoms with van der Waals surface area (Å²) >= 11 is -2.08. The summed E-state index contributed by atoms with van der Waals surface area (Å²) in [6, 6.07) is 3.05. The predicted molar refractivity (Wildman–Crippen MR) is 76.7 cm³/mol. The Kier molecular flexibility index (Phi) is 4.28. The fraction of sp³-hybridized carbons (Fsp3) is 0.182. The van der Waals surface area contributed by atoms with Gasteiger partial charge in [0.25, 0.3) is 5.91 Å². The second-order valence-corrected chi connectivity index (χ2v) is 5.23. The standard InChI is InChI=1S/C11H12N4O6S/c12-11(19)15-7-2-1-5(13-4-22(20)21)3-6(7)9(16)14-8(15)10(17)18/h1-3,8,13H,4H2,(H2,12,19)(H,14,16)(H,17,18)(H,20,21). The van der Waals surface area contributed by atoms with E-state index in [0.29, 0.717) is 5.69 Å². The molecule has 1 aliphatic heterocycles. The molecule has 1 aliphatic rings. The Morgan fingerprint density at radius 1 is 1.45 bits per heavy atom. The minimum atomic E-state index is -2.08. The summed E-state index contributed by atoms with van der Waals surface area (Å²) < 4.78 is 19.3. The molecule has 0 bridgehead atoms. The van der Waals surface area contributed by atoms with Gasteiger partial charge >= 0.3 is 12.0 Å². The number of carboxylic acids is 1. The average Bonchev–Trinajstić information content (AvgIpc) is 2.44. The van der Waals surface area contributed by atoms with E-state index >= 15 is 0 Å². The third-order valence-electron chi connectivity index (χ3n) is 2.90. The van der Waals surface area contributed by atoms with Crippen molar-refractivity contribution in [1.82, 2.24) is 5.32 Å². The summed E-state index contributed by atoms with van der Waals surface area (Å²) in [7, 11) is 0. The number of carboxylic acid groups (broad SMARTS) is 1. The van der Waals surface area contributed by atoms with Gasteiger partial charge < -0.3 is 26.0 Å². The number of primary amides is 1. The summed E-state index contributed by atoms with van der Waals surface area (Å²) in [5.74, 6) is -2.39. The number of rotatable bonds is 4. The Labute approximate surface area is 126 Å². The van der Waals surface area contributed by atoms with Gasteiger partial charge in [-0.1, -0.05) is 0 Å². The lowest BCUT2D eigenvalue weighted by Crippen LogP contribution is -2.60. The van der Waals surface area contributed by atoms with E-state index < -0.39 is 35.2 Å². The number of nitrogens with zero attached hydrogens (tertiary/aromatic N) is 1. The molecule has 0 radical (unpaired) electrons. The molecular formula is C11H12N4O6S. The van der Waals surface area contributed by atoms with E-state index in [0.717, 1.165) is 4.90 Å². The van der Waals surface area contributed by atoms with Crippen LogP contribution in [-0.2, 0) is 15.9 Å². The van der Waals surface area contributed by atoms with Crippen LogP contribution in [0.4, 0.5) is 16.2 Å².